The van der Waals surface area contributed by atoms with Gasteiger partial charge >= 0.3 is 0 Å². The summed E-state index contributed by atoms with van der Waals surface area (Å²) in [6, 6.07) is 7.11. The molecule has 0 aromatic heterocycles. The molecule has 0 aliphatic carbocycles. The van der Waals surface area contributed by atoms with Crippen LogP contribution in [-0.2, 0) is 9.53 Å². The number of hydrogen-bond acceptors (Lipinski definition) is 5. The molecule has 1 amide bonds. The molecule has 0 saturated carbocycles. The van der Waals surface area contributed by atoms with E-state index in [2.05, 4.69) is 10.6 Å². The summed E-state index contributed by atoms with van der Waals surface area (Å²) < 4.78 is 10.4. The van der Waals surface area contributed by atoms with Crippen LogP contribution in [0.25, 0.3) is 0 Å². The summed E-state index contributed by atoms with van der Waals surface area (Å²) >= 11 is 0. The number of hydrogen-bond donors (Lipinski definition) is 3. The van der Waals surface area contributed by atoms with Crippen LogP contribution in [0.5, 0.6) is 5.75 Å². The highest BCUT2D eigenvalue weighted by Gasteiger charge is 2.39. The second-order valence-electron chi connectivity index (χ2n) is 5.25. The summed E-state index contributed by atoms with van der Waals surface area (Å²) in [5, 5.41) is 16.0. The Hall–Kier alpha value is -1.63. The minimum absolute atomic E-state index is 0.140. The van der Waals surface area contributed by atoms with Gasteiger partial charge in [-0.3, -0.25) is 4.79 Å². The Morgan fingerprint density at radius 1 is 1.48 bits per heavy atom. The number of carbonyl (C=O) groups is 1. The van der Waals surface area contributed by atoms with Gasteiger partial charge in [-0.05, 0) is 31.2 Å². The van der Waals surface area contributed by atoms with Crippen molar-refractivity contribution in [3.05, 3.63) is 24.3 Å². The maximum absolute atomic E-state index is 11.8. The van der Waals surface area contributed by atoms with Crippen molar-refractivity contribution in [2.75, 3.05) is 32.1 Å². The van der Waals surface area contributed by atoms with E-state index in [4.69, 9.17) is 9.47 Å². The number of carbonyl (C=O) groups excluding carboxylic acids is 1. The van der Waals surface area contributed by atoms with Gasteiger partial charge in [0.1, 0.15) is 11.4 Å². The van der Waals surface area contributed by atoms with Crippen molar-refractivity contribution in [1.29, 1.82) is 0 Å². The Balaban J connectivity index is 1.74. The van der Waals surface area contributed by atoms with Crippen LogP contribution in [0.15, 0.2) is 24.3 Å². The summed E-state index contributed by atoms with van der Waals surface area (Å²) in [6.45, 7) is 2.87. The van der Waals surface area contributed by atoms with Gasteiger partial charge in [0.15, 0.2) is 0 Å². The lowest BCUT2D eigenvalue weighted by molar-refractivity contribution is -0.115. The second-order valence-corrected chi connectivity index (χ2v) is 5.25. The fourth-order valence-corrected chi connectivity index (χ4v) is 2.27. The average Bonchev–Trinajstić information content (AvgIpc) is 2.79. The minimum Gasteiger partial charge on any atom is -0.497 e. The molecule has 21 heavy (non-hydrogen) atoms. The molecule has 2 unspecified atom stereocenters. The molecule has 0 spiro atoms. The summed E-state index contributed by atoms with van der Waals surface area (Å²) in [6.07, 6.45) is 0.371. The van der Waals surface area contributed by atoms with Gasteiger partial charge in [-0.25, -0.2) is 0 Å². The van der Waals surface area contributed by atoms with Crippen LogP contribution in [0.1, 0.15) is 13.3 Å². The third-order valence-corrected chi connectivity index (χ3v) is 3.75. The number of amides is 1. The highest BCUT2D eigenvalue weighted by atomic mass is 16.5. The van der Waals surface area contributed by atoms with Crippen molar-refractivity contribution in [2.45, 2.75) is 25.0 Å². The van der Waals surface area contributed by atoms with Gasteiger partial charge in [0.05, 0.1) is 19.8 Å². The van der Waals surface area contributed by atoms with Crippen LogP contribution in [0.2, 0.25) is 0 Å². The van der Waals surface area contributed by atoms with Crippen LogP contribution < -0.4 is 15.4 Å². The fraction of sp³-hybridized carbons (Fsp3) is 0.533. The number of nitrogens with one attached hydrogen (secondary N) is 2. The minimum atomic E-state index is -0.888. The van der Waals surface area contributed by atoms with Gasteiger partial charge < -0.3 is 25.2 Å². The third kappa shape index (κ3) is 4.17. The van der Waals surface area contributed by atoms with Crippen molar-refractivity contribution in [3.63, 3.8) is 0 Å². The van der Waals surface area contributed by atoms with Crippen LogP contribution in [0.4, 0.5) is 5.69 Å². The molecule has 116 valence electrons. The molecule has 2 atom stereocenters. The molecule has 0 bridgehead atoms. The summed E-state index contributed by atoms with van der Waals surface area (Å²) in [5.74, 6) is 0.582. The maximum atomic E-state index is 11.8. The van der Waals surface area contributed by atoms with Crippen LogP contribution in [-0.4, -0.2) is 49.5 Å². The van der Waals surface area contributed by atoms with Gasteiger partial charge in [-0.15, -0.1) is 0 Å². The molecule has 6 nitrogen and oxygen atoms in total. The van der Waals surface area contributed by atoms with E-state index < -0.39 is 5.60 Å². The SMILES string of the molecule is COc1ccc(NC(=O)CNCC2(O)CCOC2C)cc1. The molecule has 1 aliphatic rings. The van der Waals surface area contributed by atoms with E-state index in [1.807, 2.05) is 6.92 Å². The van der Waals surface area contributed by atoms with Gasteiger partial charge in [-0.1, -0.05) is 0 Å². The predicted octanol–water partition coefficient (Wildman–Crippen LogP) is 0.763. The molecular weight excluding hydrogens is 272 g/mol. The molecule has 1 aromatic rings. The van der Waals surface area contributed by atoms with E-state index in [1.54, 1.807) is 31.4 Å². The van der Waals surface area contributed by atoms with Crippen molar-refractivity contribution in [1.82, 2.24) is 5.32 Å². The molecule has 1 aromatic carbocycles. The van der Waals surface area contributed by atoms with Crippen molar-refractivity contribution in [2.24, 2.45) is 0 Å². The Kier molecular flexibility index (Phi) is 5.17. The lowest BCUT2D eigenvalue weighted by atomic mass is 9.97. The van der Waals surface area contributed by atoms with E-state index in [0.717, 1.165) is 5.75 Å². The number of aliphatic hydroxyl groups is 1. The van der Waals surface area contributed by atoms with Crippen LogP contribution in [0.3, 0.4) is 0 Å². The fourth-order valence-electron chi connectivity index (χ4n) is 2.27. The number of methoxy groups -OCH3 is 1. The number of ether oxygens (including phenoxy) is 2. The Morgan fingerprint density at radius 3 is 2.76 bits per heavy atom. The average molecular weight is 294 g/mol. The number of anilines is 1. The molecule has 2 rings (SSSR count). The molecule has 0 radical (unpaired) electrons. The van der Waals surface area contributed by atoms with Crippen LogP contribution >= 0.6 is 0 Å². The standard InChI is InChI=1S/C15H22N2O4/c1-11-15(19,7-8-21-11)10-16-9-14(18)17-12-3-5-13(20-2)6-4-12/h3-6,11,16,19H,7-10H2,1-2H3,(H,17,18). The molecule has 1 saturated heterocycles. The molecule has 1 aliphatic heterocycles. The summed E-state index contributed by atoms with van der Waals surface area (Å²) in [4.78, 5) is 11.8. The van der Waals surface area contributed by atoms with Crippen molar-refractivity contribution in [3.8, 4) is 5.75 Å². The van der Waals surface area contributed by atoms with E-state index in [1.165, 1.54) is 0 Å². The van der Waals surface area contributed by atoms with Crippen molar-refractivity contribution < 1.29 is 19.4 Å². The van der Waals surface area contributed by atoms with Gasteiger partial charge in [-0.2, -0.15) is 0 Å². The first-order chi connectivity index (χ1) is 10.0. The van der Waals surface area contributed by atoms with E-state index in [0.29, 0.717) is 25.3 Å². The zero-order valence-corrected chi connectivity index (χ0v) is 12.4. The first-order valence-corrected chi connectivity index (χ1v) is 7.02. The third-order valence-electron chi connectivity index (χ3n) is 3.75. The number of rotatable bonds is 6. The Morgan fingerprint density at radius 2 is 2.19 bits per heavy atom. The van der Waals surface area contributed by atoms with E-state index >= 15 is 0 Å². The normalized spacial score (nSPS) is 24.8. The number of benzene rings is 1. The summed E-state index contributed by atoms with van der Waals surface area (Å²) in [7, 11) is 1.59. The lowest BCUT2D eigenvalue weighted by Crippen LogP contribution is -2.47. The van der Waals surface area contributed by atoms with Crippen molar-refractivity contribution >= 4 is 11.6 Å². The molecule has 1 heterocycles. The largest absolute Gasteiger partial charge is 0.497 e. The maximum Gasteiger partial charge on any atom is 0.238 e. The molecule has 1 fully saturated rings. The molecule has 3 N–H and O–H groups in total. The monoisotopic (exact) mass is 294 g/mol. The van der Waals surface area contributed by atoms with E-state index in [9.17, 15) is 9.90 Å². The van der Waals surface area contributed by atoms with Gasteiger partial charge in [0.2, 0.25) is 5.91 Å². The predicted molar refractivity (Wildman–Crippen MR) is 79.5 cm³/mol. The zero-order valence-electron chi connectivity index (χ0n) is 12.4. The smallest absolute Gasteiger partial charge is 0.238 e. The Labute approximate surface area is 124 Å². The zero-order chi connectivity index (χ0) is 15.3. The first kappa shape index (κ1) is 15.8. The van der Waals surface area contributed by atoms with E-state index in [-0.39, 0.29) is 18.6 Å². The second kappa shape index (κ2) is 6.89. The highest BCUT2D eigenvalue weighted by Crippen LogP contribution is 2.24. The lowest BCUT2D eigenvalue weighted by Gasteiger charge is -2.26. The van der Waals surface area contributed by atoms with Gasteiger partial charge in [0.25, 0.3) is 0 Å². The summed E-state index contributed by atoms with van der Waals surface area (Å²) in [5.41, 5.74) is -0.181. The molecular formula is C15H22N2O4. The van der Waals surface area contributed by atoms with Crippen LogP contribution in [0, 0.1) is 0 Å². The quantitative estimate of drug-likeness (QED) is 0.722. The topological polar surface area (TPSA) is 79.8 Å². The first-order valence-electron chi connectivity index (χ1n) is 7.02. The molecule has 6 heteroatoms. The van der Waals surface area contributed by atoms with Gasteiger partial charge in [0, 0.05) is 25.3 Å². The Bertz CT molecular complexity index is 477. The highest BCUT2D eigenvalue weighted by molar-refractivity contribution is 5.92.